The van der Waals surface area contributed by atoms with Crippen LogP contribution < -0.4 is 5.32 Å². The smallest absolute Gasteiger partial charge is 0.408 e. The van der Waals surface area contributed by atoms with Crippen molar-refractivity contribution in [2.45, 2.75) is 43.9 Å². The third-order valence-corrected chi connectivity index (χ3v) is 4.51. The van der Waals surface area contributed by atoms with Crippen molar-refractivity contribution >= 4 is 12.0 Å². The van der Waals surface area contributed by atoms with Crippen molar-refractivity contribution in [3.63, 3.8) is 0 Å². The second-order valence-electron chi connectivity index (χ2n) is 5.99. The van der Waals surface area contributed by atoms with Gasteiger partial charge in [-0.1, -0.05) is 24.3 Å². The maximum absolute atomic E-state index is 12.5. The van der Waals surface area contributed by atoms with E-state index in [9.17, 15) is 14.7 Å². The zero-order valence-electron chi connectivity index (χ0n) is 12.2. The van der Waals surface area contributed by atoms with Gasteiger partial charge in [-0.3, -0.25) is 9.69 Å². The minimum absolute atomic E-state index is 0.00528. The van der Waals surface area contributed by atoms with Crippen LogP contribution in [0.25, 0.3) is 0 Å². The first-order valence-corrected chi connectivity index (χ1v) is 7.62. The van der Waals surface area contributed by atoms with Crippen molar-refractivity contribution in [3.05, 3.63) is 35.4 Å². The van der Waals surface area contributed by atoms with Crippen molar-refractivity contribution in [1.29, 1.82) is 0 Å². The molecule has 0 saturated carbocycles. The molecule has 3 N–H and O–H groups in total. The summed E-state index contributed by atoms with van der Waals surface area (Å²) in [5.74, 6) is -0.319. The molecule has 0 bridgehead atoms. The molecule has 1 aliphatic carbocycles. The van der Waals surface area contributed by atoms with Crippen molar-refractivity contribution < 1.29 is 19.8 Å². The van der Waals surface area contributed by atoms with E-state index in [-0.39, 0.29) is 24.9 Å². The van der Waals surface area contributed by atoms with Crippen LogP contribution in [0.3, 0.4) is 0 Å². The molecular formula is C16H20N2O4. The fourth-order valence-electron chi connectivity index (χ4n) is 3.45. The van der Waals surface area contributed by atoms with E-state index in [4.69, 9.17) is 5.11 Å². The number of aliphatic hydroxyl groups excluding tert-OH is 1. The highest BCUT2D eigenvalue weighted by Crippen LogP contribution is 2.30. The fourth-order valence-corrected chi connectivity index (χ4v) is 3.45. The Kier molecular flexibility index (Phi) is 4.02. The molecule has 22 heavy (non-hydrogen) atoms. The summed E-state index contributed by atoms with van der Waals surface area (Å²) < 4.78 is 0. The van der Waals surface area contributed by atoms with E-state index < -0.39 is 18.2 Å². The zero-order chi connectivity index (χ0) is 15.7. The maximum atomic E-state index is 12.5. The number of aryl methyl sites for hydroxylation is 1. The van der Waals surface area contributed by atoms with Gasteiger partial charge in [-0.15, -0.1) is 0 Å². The highest BCUT2D eigenvalue weighted by molar-refractivity contribution is 5.86. The maximum Gasteiger partial charge on any atom is 0.408 e. The summed E-state index contributed by atoms with van der Waals surface area (Å²) in [6, 6.07) is 7.13. The monoisotopic (exact) mass is 304 g/mol. The molecule has 118 valence electrons. The Morgan fingerprint density at radius 3 is 2.82 bits per heavy atom. The molecule has 1 aliphatic heterocycles. The van der Waals surface area contributed by atoms with Crippen molar-refractivity contribution in [2.24, 2.45) is 0 Å². The number of carbonyl (C=O) groups is 2. The van der Waals surface area contributed by atoms with Gasteiger partial charge in [0.25, 0.3) is 0 Å². The van der Waals surface area contributed by atoms with Crippen LogP contribution in [0.4, 0.5) is 4.79 Å². The molecule has 0 spiro atoms. The predicted molar refractivity (Wildman–Crippen MR) is 79.4 cm³/mol. The highest BCUT2D eigenvalue weighted by Gasteiger charge is 2.39. The summed E-state index contributed by atoms with van der Waals surface area (Å²) in [6.45, 7) is -0.00528. The molecule has 1 aromatic rings. The molecule has 3 unspecified atom stereocenters. The number of nitrogens with one attached hydrogen (secondary N) is 1. The van der Waals surface area contributed by atoms with Gasteiger partial charge in [0.05, 0.1) is 18.7 Å². The summed E-state index contributed by atoms with van der Waals surface area (Å²) in [5, 5.41) is 21.8. The van der Waals surface area contributed by atoms with Gasteiger partial charge < -0.3 is 15.5 Å². The van der Waals surface area contributed by atoms with Gasteiger partial charge in [0, 0.05) is 6.42 Å². The van der Waals surface area contributed by atoms with E-state index in [1.807, 2.05) is 18.2 Å². The average molecular weight is 304 g/mol. The first-order valence-electron chi connectivity index (χ1n) is 7.62. The van der Waals surface area contributed by atoms with Crippen LogP contribution in [-0.2, 0) is 11.2 Å². The number of β-amino-alcohol motifs (C(OH)–C–C–N with tert-alkyl or cyclic N) is 1. The van der Waals surface area contributed by atoms with E-state index in [2.05, 4.69) is 11.4 Å². The van der Waals surface area contributed by atoms with Gasteiger partial charge in [0.1, 0.15) is 6.04 Å². The zero-order valence-corrected chi connectivity index (χ0v) is 12.2. The molecule has 0 radical (unpaired) electrons. The quantitative estimate of drug-likeness (QED) is 0.768. The molecule has 1 aromatic carbocycles. The van der Waals surface area contributed by atoms with Crippen LogP contribution in [0.5, 0.6) is 0 Å². The van der Waals surface area contributed by atoms with E-state index in [1.54, 1.807) is 0 Å². The summed E-state index contributed by atoms with van der Waals surface area (Å²) >= 11 is 0. The Hall–Kier alpha value is -2.08. The number of fused-ring (bicyclic) bond motifs is 1. The van der Waals surface area contributed by atoms with Gasteiger partial charge in [-0.25, -0.2) is 4.79 Å². The number of rotatable bonds is 2. The summed E-state index contributed by atoms with van der Waals surface area (Å²) in [7, 11) is 0. The number of carboxylic acid groups (broad SMARTS) is 1. The Bertz CT molecular complexity index is 589. The van der Waals surface area contributed by atoms with Crippen molar-refractivity contribution in [1.82, 2.24) is 10.2 Å². The molecule has 2 amide bonds. The molecule has 1 saturated heterocycles. The first-order chi connectivity index (χ1) is 10.6. The lowest BCUT2D eigenvalue weighted by molar-refractivity contribution is -0.126. The Morgan fingerprint density at radius 2 is 2.05 bits per heavy atom. The normalized spacial score (nSPS) is 27.3. The van der Waals surface area contributed by atoms with Gasteiger partial charge in [-0.05, 0) is 30.4 Å². The average Bonchev–Trinajstić information content (AvgIpc) is 2.90. The Labute approximate surface area is 128 Å². The predicted octanol–water partition coefficient (Wildman–Crippen LogP) is 1.29. The fraction of sp³-hybridized carbons (Fsp3) is 0.500. The Morgan fingerprint density at radius 1 is 1.27 bits per heavy atom. The molecule has 2 aliphatic rings. The standard InChI is InChI=1S/C16H20N2O4/c19-11-8-14(18(9-11)16(21)22)15(20)17-13-7-3-5-10-4-1-2-6-12(10)13/h1-2,4,6,11,13-14,19H,3,5,7-9H2,(H,17,20)(H,21,22). The van der Waals surface area contributed by atoms with Crippen LogP contribution >= 0.6 is 0 Å². The summed E-state index contributed by atoms with van der Waals surface area (Å²) in [5.41, 5.74) is 2.35. The lowest BCUT2D eigenvalue weighted by atomic mass is 9.87. The molecule has 6 heteroatoms. The molecule has 3 atom stereocenters. The number of hydrogen-bond donors (Lipinski definition) is 3. The number of amides is 2. The summed E-state index contributed by atoms with van der Waals surface area (Å²) in [6.07, 6.45) is 1.08. The lowest BCUT2D eigenvalue weighted by Gasteiger charge is -2.29. The molecule has 1 heterocycles. The van der Waals surface area contributed by atoms with E-state index in [1.165, 1.54) is 5.56 Å². The number of carbonyl (C=O) groups excluding carboxylic acids is 1. The van der Waals surface area contributed by atoms with Crippen LogP contribution in [0.15, 0.2) is 24.3 Å². The summed E-state index contributed by atoms with van der Waals surface area (Å²) in [4.78, 5) is 24.7. The van der Waals surface area contributed by atoms with Gasteiger partial charge in [-0.2, -0.15) is 0 Å². The number of hydrogen-bond acceptors (Lipinski definition) is 3. The van der Waals surface area contributed by atoms with Gasteiger partial charge in [0.2, 0.25) is 5.91 Å². The largest absolute Gasteiger partial charge is 0.465 e. The number of aliphatic hydroxyl groups is 1. The number of nitrogens with zero attached hydrogens (tertiary/aromatic N) is 1. The van der Waals surface area contributed by atoms with E-state index in [0.29, 0.717) is 0 Å². The first kappa shape index (κ1) is 14.8. The molecule has 3 rings (SSSR count). The number of likely N-dealkylation sites (tertiary alicyclic amines) is 1. The molecular weight excluding hydrogens is 284 g/mol. The van der Waals surface area contributed by atoms with Crippen LogP contribution in [-0.4, -0.2) is 45.8 Å². The third kappa shape index (κ3) is 2.78. The molecule has 0 aromatic heterocycles. The van der Waals surface area contributed by atoms with Crippen LogP contribution in [0, 0.1) is 0 Å². The topological polar surface area (TPSA) is 89.9 Å². The second kappa shape index (κ2) is 5.96. The van der Waals surface area contributed by atoms with Crippen molar-refractivity contribution in [3.8, 4) is 0 Å². The van der Waals surface area contributed by atoms with Crippen molar-refractivity contribution in [2.75, 3.05) is 6.54 Å². The third-order valence-electron chi connectivity index (χ3n) is 4.51. The van der Waals surface area contributed by atoms with E-state index >= 15 is 0 Å². The Balaban J connectivity index is 1.74. The van der Waals surface area contributed by atoms with Gasteiger partial charge >= 0.3 is 6.09 Å². The molecule has 6 nitrogen and oxygen atoms in total. The lowest BCUT2D eigenvalue weighted by Crippen LogP contribution is -2.46. The van der Waals surface area contributed by atoms with Crippen LogP contribution in [0.2, 0.25) is 0 Å². The second-order valence-corrected chi connectivity index (χ2v) is 5.99. The van der Waals surface area contributed by atoms with Gasteiger partial charge in [0.15, 0.2) is 0 Å². The van der Waals surface area contributed by atoms with Crippen LogP contribution in [0.1, 0.15) is 36.4 Å². The molecule has 1 fully saturated rings. The minimum Gasteiger partial charge on any atom is -0.465 e. The van der Waals surface area contributed by atoms with E-state index in [0.717, 1.165) is 29.7 Å². The number of benzene rings is 1. The minimum atomic E-state index is -1.17. The highest BCUT2D eigenvalue weighted by atomic mass is 16.4. The SMILES string of the molecule is O=C(NC1CCCc2ccccc21)C1CC(O)CN1C(=O)O.